The Hall–Kier alpha value is -2.38. The Labute approximate surface area is 152 Å². The minimum atomic E-state index is -0.493. The van der Waals surface area contributed by atoms with Gasteiger partial charge in [0.2, 0.25) is 0 Å². The number of piperidine rings is 1. The van der Waals surface area contributed by atoms with Crippen LogP contribution in [0, 0.1) is 0 Å². The van der Waals surface area contributed by atoms with E-state index in [1.54, 1.807) is 4.90 Å². The molecule has 142 valence electrons. The number of hydrogen-bond donors (Lipinski definition) is 0. The summed E-state index contributed by atoms with van der Waals surface area (Å²) in [6.45, 7) is 5.76. The molecule has 8 heteroatoms. The Morgan fingerprint density at radius 2 is 2.00 bits per heavy atom. The second-order valence-corrected chi connectivity index (χ2v) is 7.29. The van der Waals surface area contributed by atoms with E-state index in [0.717, 1.165) is 17.5 Å². The Morgan fingerprint density at radius 1 is 1.31 bits per heavy atom. The third-order valence-electron chi connectivity index (χ3n) is 5.38. The molecule has 0 N–H and O–H groups in total. The van der Waals surface area contributed by atoms with E-state index < -0.39 is 5.60 Å². The number of ether oxygens (including phenoxy) is 1. The largest absolute Gasteiger partial charge is 0.441 e. The Bertz CT molecular complexity index is 752. The second-order valence-electron chi connectivity index (χ2n) is 7.29. The molecule has 1 unspecified atom stereocenters. The normalized spacial score (nSPS) is 20.3. The number of carbonyl (C=O) groups excluding carboxylic acids is 2. The van der Waals surface area contributed by atoms with Gasteiger partial charge in [-0.05, 0) is 19.4 Å². The fourth-order valence-corrected chi connectivity index (χ4v) is 3.72. The van der Waals surface area contributed by atoms with E-state index >= 15 is 0 Å². The summed E-state index contributed by atoms with van der Waals surface area (Å²) in [5.74, 6) is -0.198. The van der Waals surface area contributed by atoms with Crippen LogP contribution in [0.15, 0.2) is 16.9 Å². The zero-order valence-electron chi connectivity index (χ0n) is 15.6. The molecule has 0 saturated carbocycles. The van der Waals surface area contributed by atoms with E-state index in [-0.39, 0.29) is 29.3 Å². The van der Waals surface area contributed by atoms with Crippen LogP contribution >= 0.6 is 0 Å². The van der Waals surface area contributed by atoms with Crippen molar-refractivity contribution in [2.24, 2.45) is 7.05 Å². The number of likely N-dealkylation sites (tertiary alicyclic amines) is 1. The van der Waals surface area contributed by atoms with Gasteiger partial charge in [-0.1, -0.05) is 13.3 Å². The Morgan fingerprint density at radius 3 is 2.62 bits per heavy atom. The molecule has 2 saturated heterocycles. The molecule has 2 amide bonds. The van der Waals surface area contributed by atoms with Crippen LogP contribution in [0.2, 0.25) is 0 Å². The summed E-state index contributed by atoms with van der Waals surface area (Å²) < 4.78 is 6.88. The number of carbonyl (C=O) groups is 2. The smallest absolute Gasteiger partial charge is 0.410 e. The van der Waals surface area contributed by atoms with E-state index in [1.807, 2.05) is 11.8 Å². The molecule has 0 aromatic carbocycles. The average molecular weight is 362 g/mol. The molecule has 2 aliphatic heterocycles. The number of aryl methyl sites for hydroxylation is 1. The topological polar surface area (TPSA) is 84.7 Å². The summed E-state index contributed by atoms with van der Waals surface area (Å²) >= 11 is 0. The van der Waals surface area contributed by atoms with Crippen LogP contribution in [-0.2, 0) is 11.8 Å². The first-order valence-electron chi connectivity index (χ1n) is 9.18. The van der Waals surface area contributed by atoms with Crippen LogP contribution < -0.4 is 5.56 Å². The van der Waals surface area contributed by atoms with Crippen molar-refractivity contribution in [3.05, 3.63) is 28.2 Å². The molecule has 1 atom stereocenters. The summed E-state index contributed by atoms with van der Waals surface area (Å²) in [6, 6.07) is 2.97. The minimum Gasteiger partial charge on any atom is -0.441 e. The molecule has 0 aliphatic carbocycles. The minimum absolute atomic E-state index is 0.168. The third kappa shape index (κ3) is 3.45. The Kier molecular flexibility index (Phi) is 5.02. The van der Waals surface area contributed by atoms with Gasteiger partial charge in [-0.3, -0.25) is 9.59 Å². The van der Waals surface area contributed by atoms with Gasteiger partial charge >= 0.3 is 6.09 Å². The second kappa shape index (κ2) is 7.09. The average Bonchev–Trinajstić information content (AvgIpc) is 2.94. The monoisotopic (exact) mass is 362 g/mol. The lowest BCUT2D eigenvalue weighted by Gasteiger charge is -2.37. The highest BCUT2D eigenvalue weighted by Crippen LogP contribution is 2.35. The van der Waals surface area contributed by atoms with E-state index in [2.05, 4.69) is 12.0 Å². The number of aromatic nitrogens is 2. The van der Waals surface area contributed by atoms with Gasteiger partial charge in [0, 0.05) is 45.1 Å². The first kappa shape index (κ1) is 18.4. The lowest BCUT2D eigenvalue weighted by molar-refractivity contribution is 0.00283. The van der Waals surface area contributed by atoms with Gasteiger partial charge in [0.05, 0.1) is 6.54 Å². The standard InChI is InChI=1S/C18H26N4O4/c1-4-5-13(2)22-12-18(26-17(22)25)8-10-21(11-9-18)16(24)14-6-7-15(23)20(3)19-14/h6-7,13H,4-5,8-12H2,1-3H3. The van der Waals surface area contributed by atoms with Gasteiger partial charge in [0.25, 0.3) is 11.5 Å². The van der Waals surface area contributed by atoms with Gasteiger partial charge in [-0.15, -0.1) is 0 Å². The third-order valence-corrected chi connectivity index (χ3v) is 5.38. The zero-order chi connectivity index (χ0) is 18.9. The van der Waals surface area contributed by atoms with Crippen LogP contribution in [0.4, 0.5) is 4.79 Å². The van der Waals surface area contributed by atoms with E-state index in [0.29, 0.717) is 32.5 Å². The molecule has 1 aromatic rings. The maximum atomic E-state index is 12.6. The predicted molar refractivity (Wildman–Crippen MR) is 94.9 cm³/mol. The van der Waals surface area contributed by atoms with E-state index in [4.69, 9.17) is 4.74 Å². The lowest BCUT2D eigenvalue weighted by atomic mass is 9.90. The number of nitrogens with zero attached hydrogens (tertiary/aromatic N) is 4. The van der Waals surface area contributed by atoms with Crippen molar-refractivity contribution in [2.75, 3.05) is 19.6 Å². The predicted octanol–water partition coefficient (Wildman–Crippen LogP) is 1.40. The summed E-state index contributed by atoms with van der Waals surface area (Å²) in [4.78, 5) is 39.8. The quantitative estimate of drug-likeness (QED) is 0.808. The van der Waals surface area contributed by atoms with Crippen molar-refractivity contribution in [1.29, 1.82) is 0 Å². The van der Waals surface area contributed by atoms with Crippen molar-refractivity contribution >= 4 is 12.0 Å². The van der Waals surface area contributed by atoms with E-state index in [9.17, 15) is 14.4 Å². The van der Waals surface area contributed by atoms with Crippen LogP contribution in [0.25, 0.3) is 0 Å². The van der Waals surface area contributed by atoms with E-state index in [1.165, 1.54) is 19.2 Å². The molecule has 0 bridgehead atoms. The van der Waals surface area contributed by atoms with Crippen molar-refractivity contribution in [1.82, 2.24) is 19.6 Å². The number of hydrogen-bond acceptors (Lipinski definition) is 5. The van der Waals surface area contributed by atoms with Crippen molar-refractivity contribution in [3.63, 3.8) is 0 Å². The fourth-order valence-electron chi connectivity index (χ4n) is 3.72. The number of rotatable bonds is 4. The SMILES string of the molecule is CCCC(C)N1CC2(CCN(C(=O)c3ccc(=O)n(C)n3)CC2)OC1=O. The highest BCUT2D eigenvalue weighted by Gasteiger charge is 2.48. The van der Waals surface area contributed by atoms with Crippen LogP contribution in [0.1, 0.15) is 50.0 Å². The first-order valence-corrected chi connectivity index (χ1v) is 9.18. The van der Waals surface area contributed by atoms with Gasteiger partial charge in [0.1, 0.15) is 11.3 Å². The molecular formula is C18H26N4O4. The van der Waals surface area contributed by atoms with Gasteiger partial charge in [0.15, 0.2) is 0 Å². The van der Waals surface area contributed by atoms with Crippen molar-refractivity contribution < 1.29 is 14.3 Å². The lowest BCUT2D eigenvalue weighted by Crippen LogP contribution is -2.49. The van der Waals surface area contributed by atoms with Crippen LogP contribution in [0.3, 0.4) is 0 Å². The highest BCUT2D eigenvalue weighted by atomic mass is 16.6. The van der Waals surface area contributed by atoms with Gasteiger partial charge < -0.3 is 14.5 Å². The summed E-state index contributed by atoms with van der Waals surface area (Å²) in [5, 5.41) is 4.02. The Balaban J connectivity index is 1.64. The summed E-state index contributed by atoms with van der Waals surface area (Å²) in [7, 11) is 1.52. The maximum Gasteiger partial charge on any atom is 0.410 e. The summed E-state index contributed by atoms with van der Waals surface area (Å²) in [5.41, 5.74) is -0.490. The molecule has 8 nitrogen and oxygen atoms in total. The highest BCUT2D eigenvalue weighted by molar-refractivity contribution is 5.92. The zero-order valence-corrected chi connectivity index (χ0v) is 15.6. The molecule has 0 radical (unpaired) electrons. The van der Waals surface area contributed by atoms with Crippen molar-refractivity contribution in [2.45, 2.75) is 51.2 Å². The first-order chi connectivity index (χ1) is 12.3. The molecule has 1 spiro atoms. The molecule has 2 fully saturated rings. The molecular weight excluding hydrogens is 336 g/mol. The molecule has 3 rings (SSSR count). The molecule has 26 heavy (non-hydrogen) atoms. The van der Waals surface area contributed by atoms with Gasteiger partial charge in [-0.2, -0.15) is 5.10 Å². The van der Waals surface area contributed by atoms with Crippen LogP contribution in [-0.4, -0.2) is 62.9 Å². The molecule has 1 aromatic heterocycles. The van der Waals surface area contributed by atoms with Gasteiger partial charge in [-0.25, -0.2) is 9.48 Å². The van der Waals surface area contributed by atoms with Crippen molar-refractivity contribution in [3.8, 4) is 0 Å². The summed E-state index contributed by atoms with van der Waals surface area (Å²) in [6.07, 6.45) is 2.96. The van der Waals surface area contributed by atoms with Crippen LogP contribution in [0.5, 0.6) is 0 Å². The number of amides is 2. The maximum absolute atomic E-state index is 12.6. The fraction of sp³-hybridized carbons (Fsp3) is 0.667. The molecule has 3 heterocycles. The molecule has 2 aliphatic rings.